The average molecular weight is 505 g/mol. The second kappa shape index (κ2) is 11.9. The first-order valence-corrected chi connectivity index (χ1v) is 11.7. The molecule has 2 aromatic rings. The Hall–Kier alpha value is -3.10. The molecule has 0 spiro atoms. The van der Waals surface area contributed by atoms with Crippen LogP contribution in [-0.2, 0) is 9.53 Å². The van der Waals surface area contributed by atoms with E-state index in [9.17, 15) is 14.4 Å². The molecule has 2 aromatic carbocycles. The lowest BCUT2D eigenvalue weighted by atomic mass is 9.88. The predicted molar refractivity (Wildman–Crippen MR) is 131 cm³/mol. The summed E-state index contributed by atoms with van der Waals surface area (Å²) in [5, 5.41) is 3.33. The molecule has 34 heavy (non-hydrogen) atoms. The molecule has 3 N–H and O–H groups in total. The van der Waals surface area contributed by atoms with Gasteiger partial charge in [-0.1, -0.05) is 53.5 Å². The standard InChI is InChI=1S/C24H26Cl2N4O4/c1-2-34-24(33)30-12-10-15(11-13-30)20(23(32)29-21(27)16-6-4-3-5-7-16)28-22(31)17-8-9-18(25)19(26)14-17/h3-9,14-15,20H,2,10-13H2,1H3,(H,28,31)(H2,27,29,32). The summed E-state index contributed by atoms with van der Waals surface area (Å²) in [7, 11) is 0. The van der Waals surface area contributed by atoms with Gasteiger partial charge in [0, 0.05) is 24.2 Å². The number of nitrogens with two attached hydrogens (primary N) is 1. The third-order valence-corrected chi connectivity index (χ3v) is 6.31. The van der Waals surface area contributed by atoms with E-state index >= 15 is 0 Å². The molecule has 1 saturated heterocycles. The van der Waals surface area contributed by atoms with Gasteiger partial charge in [0.25, 0.3) is 11.8 Å². The van der Waals surface area contributed by atoms with E-state index in [1.807, 2.05) is 6.07 Å². The minimum absolute atomic E-state index is 0.0587. The normalized spacial score (nSPS) is 15.5. The smallest absolute Gasteiger partial charge is 0.409 e. The highest BCUT2D eigenvalue weighted by molar-refractivity contribution is 6.42. The molecule has 180 valence electrons. The zero-order valence-electron chi connectivity index (χ0n) is 18.7. The maximum atomic E-state index is 13.2. The number of amides is 3. The highest BCUT2D eigenvalue weighted by Gasteiger charge is 2.34. The molecular weight excluding hydrogens is 479 g/mol. The van der Waals surface area contributed by atoms with Crippen molar-refractivity contribution >= 4 is 46.9 Å². The van der Waals surface area contributed by atoms with E-state index in [-0.39, 0.29) is 28.9 Å². The molecule has 0 radical (unpaired) electrons. The van der Waals surface area contributed by atoms with Crippen molar-refractivity contribution in [2.45, 2.75) is 25.8 Å². The van der Waals surface area contributed by atoms with Crippen LogP contribution >= 0.6 is 23.2 Å². The molecule has 0 aliphatic carbocycles. The maximum Gasteiger partial charge on any atom is 0.409 e. The Morgan fingerprint density at radius 3 is 2.38 bits per heavy atom. The van der Waals surface area contributed by atoms with E-state index in [2.05, 4.69) is 10.3 Å². The molecular formula is C24H26Cl2N4O4. The van der Waals surface area contributed by atoms with Crippen molar-refractivity contribution in [3.8, 4) is 0 Å². The first kappa shape index (κ1) is 25.5. The summed E-state index contributed by atoms with van der Waals surface area (Å²) < 4.78 is 5.06. The Morgan fingerprint density at radius 1 is 1.09 bits per heavy atom. The first-order valence-electron chi connectivity index (χ1n) is 10.9. The van der Waals surface area contributed by atoms with Crippen molar-refractivity contribution in [3.05, 3.63) is 69.7 Å². The van der Waals surface area contributed by atoms with Crippen LogP contribution in [0.25, 0.3) is 0 Å². The highest BCUT2D eigenvalue weighted by Crippen LogP contribution is 2.25. The van der Waals surface area contributed by atoms with Gasteiger partial charge in [0.1, 0.15) is 11.9 Å². The Kier molecular flexibility index (Phi) is 8.90. The second-order valence-electron chi connectivity index (χ2n) is 7.80. The number of nitrogens with one attached hydrogen (secondary N) is 1. The van der Waals surface area contributed by atoms with Gasteiger partial charge in [-0.05, 0) is 43.9 Å². The molecule has 1 heterocycles. The first-order chi connectivity index (χ1) is 16.3. The predicted octanol–water partition coefficient (Wildman–Crippen LogP) is 3.89. The summed E-state index contributed by atoms with van der Waals surface area (Å²) in [6.07, 6.45) is 0.574. The molecule has 1 fully saturated rings. The number of hydrogen-bond acceptors (Lipinski definition) is 4. The van der Waals surface area contributed by atoms with E-state index in [0.717, 1.165) is 0 Å². The second-order valence-corrected chi connectivity index (χ2v) is 8.62. The van der Waals surface area contributed by atoms with Gasteiger partial charge in [-0.25, -0.2) is 4.79 Å². The fourth-order valence-electron chi connectivity index (χ4n) is 3.74. The molecule has 0 aromatic heterocycles. The number of amidine groups is 1. The molecule has 3 amide bonds. The van der Waals surface area contributed by atoms with Crippen LogP contribution in [0.15, 0.2) is 53.5 Å². The minimum Gasteiger partial charge on any atom is -0.450 e. The van der Waals surface area contributed by atoms with Crippen LogP contribution in [-0.4, -0.2) is 54.4 Å². The number of aliphatic imine (C=N–C) groups is 1. The van der Waals surface area contributed by atoms with Crippen LogP contribution in [0.2, 0.25) is 10.0 Å². The number of nitrogens with zero attached hydrogens (tertiary/aromatic N) is 2. The van der Waals surface area contributed by atoms with Gasteiger partial charge in [-0.15, -0.1) is 0 Å². The molecule has 3 rings (SSSR count). The van der Waals surface area contributed by atoms with Crippen LogP contribution in [0.1, 0.15) is 35.7 Å². The SMILES string of the molecule is CCOC(=O)N1CCC(C(NC(=O)c2ccc(Cl)c(Cl)c2)C(=O)N=C(N)c2ccccc2)CC1. The number of carbonyl (C=O) groups excluding carboxylic acids is 3. The van der Waals surface area contributed by atoms with Crippen LogP contribution in [0.3, 0.4) is 0 Å². The van der Waals surface area contributed by atoms with E-state index < -0.39 is 23.9 Å². The summed E-state index contributed by atoms with van der Waals surface area (Å²) in [6, 6.07) is 12.4. The fraction of sp³-hybridized carbons (Fsp3) is 0.333. The molecule has 1 atom stereocenters. The van der Waals surface area contributed by atoms with Gasteiger partial charge in [0.05, 0.1) is 16.7 Å². The molecule has 0 bridgehead atoms. The van der Waals surface area contributed by atoms with E-state index in [4.69, 9.17) is 33.7 Å². The Labute approximate surface area is 208 Å². The van der Waals surface area contributed by atoms with Gasteiger partial charge < -0.3 is 20.7 Å². The largest absolute Gasteiger partial charge is 0.450 e. The summed E-state index contributed by atoms with van der Waals surface area (Å²) in [6.45, 7) is 2.82. The van der Waals surface area contributed by atoms with Crippen molar-refractivity contribution in [1.82, 2.24) is 10.2 Å². The monoisotopic (exact) mass is 504 g/mol. The van der Waals surface area contributed by atoms with Gasteiger partial charge in [0.15, 0.2) is 0 Å². The third-order valence-electron chi connectivity index (χ3n) is 5.57. The van der Waals surface area contributed by atoms with Crippen molar-refractivity contribution in [2.24, 2.45) is 16.6 Å². The molecule has 1 unspecified atom stereocenters. The van der Waals surface area contributed by atoms with Gasteiger partial charge in [0.2, 0.25) is 0 Å². The van der Waals surface area contributed by atoms with Crippen molar-refractivity contribution < 1.29 is 19.1 Å². The van der Waals surface area contributed by atoms with E-state index in [1.54, 1.807) is 36.1 Å². The lowest BCUT2D eigenvalue weighted by molar-refractivity contribution is -0.121. The molecule has 10 heteroatoms. The number of rotatable bonds is 6. The zero-order valence-corrected chi connectivity index (χ0v) is 20.2. The number of halogens is 2. The van der Waals surface area contributed by atoms with Crippen molar-refractivity contribution in [1.29, 1.82) is 0 Å². The molecule has 8 nitrogen and oxygen atoms in total. The third kappa shape index (κ3) is 6.48. The summed E-state index contributed by atoms with van der Waals surface area (Å²) in [5.74, 6) is -1.25. The van der Waals surface area contributed by atoms with Crippen molar-refractivity contribution in [3.63, 3.8) is 0 Å². The fourth-order valence-corrected chi connectivity index (χ4v) is 4.03. The Morgan fingerprint density at radius 2 is 1.76 bits per heavy atom. The van der Waals surface area contributed by atoms with Crippen LogP contribution < -0.4 is 11.1 Å². The maximum absolute atomic E-state index is 13.2. The number of carbonyl (C=O) groups is 3. The van der Waals surface area contributed by atoms with Gasteiger partial charge in [-0.3, -0.25) is 9.59 Å². The van der Waals surface area contributed by atoms with Gasteiger partial charge >= 0.3 is 6.09 Å². The molecule has 0 saturated carbocycles. The van der Waals surface area contributed by atoms with Crippen LogP contribution in [0.5, 0.6) is 0 Å². The topological polar surface area (TPSA) is 114 Å². The average Bonchev–Trinajstić information content (AvgIpc) is 2.84. The summed E-state index contributed by atoms with van der Waals surface area (Å²) >= 11 is 12.0. The summed E-state index contributed by atoms with van der Waals surface area (Å²) in [5.41, 5.74) is 6.91. The molecule has 1 aliphatic rings. The summed E-state index contributed by atoms with van der Waals surface area (Å²) in [4.78, 5) is 43.8. The number of benzene rings is 2. The van der Waals surface area contributed by atoms with Crippen molar-refractivity contribution in [2.75, 3.05) is 19.7 Å². The number of hydrogen-bond donors (Lipinski definition) is 2. The lowest BCUT2D eigenvalue weighted by Gasteiger charge is -2.34. The van der Waals surface area contributed by atoms with Gasteiger partial charge in [-0.2, -0.15) is 4.99 Å². The quantitative estimate of drug-likeness (QED) is 0.457. The number of likely N-dealkylation sites (tertiary alicyclic amines) is 1. The lowest BCUT2D eigenvalue weighted by Crippen LogP contribution is -2.50. The van der Waals surface area contributed by atoms with Crippen LogP contribution in [0, 0.1) is 5.92 Å². The van der Waals surface area contributed by atoms with Crippen LogP contribution in [0.4, 0.5) is 4.79 Å². The van der Waals surface area contributed by atoms with E-state index in [1.165, 1.54) is 18.2 Å². The Bertz CT molecular complexity index is 1070. The van der Waals surface area contributed by atoms with E-state index in [0.29, 0.717) is 36.5 Å². The minimum atomic E-state index is -0.937. The zero-order chi connectivity index (χ0) is 24.7. The Balaban J connectivity index is 1.81. The number of piperidine rings is 1. The molecule has 1 aliphatic heterocycles. The number of ether oxygens (including phenoxy) is 1. The highest BCUT2D eigenvalue weighted by atomic mass is 35.5.